The summed E-state index contributed by atoms with van der Waals surface area (Å²) in [6, 6.07) is 0. The maximum Gasteiger partial charge on any atom is 0.146 e. The molecule has 23 heavy (non-hydrogen) atoms. The minimum atomic E-state index is 0.0460. The lowest BCUT2D eigenvalue weighted by Gasteiger charge is -2.59. The summed E-state index contributed by atoms with van der Waals surface area (Å²) in [6.45, 7) is 8.19. The average molecular weight is 318 g/mol. The Morgan fingerprint density at radius 2 is 1.91 bits per heavy atom. The molecular weight excluding hydrogens is 288 g/mol. The minimum absolute atomic E-state index is 0.0460. The largest absolute Gasteiger partial charge is 0.369 e. The Kier molecular flexibility index (Phi) is 4.29. The van der Waals surface area contributed by atoms with Gasteiger partial charge in [0.25, 0.3) is 0 Å². The fraction of sp³-hybridized carbons (Fsp3) is 0.800. The zero-order chi connectivity index (χ0) is 16.7. The molecule has 0 bridgehead atoms. The number of rotatable bonds is 5. The van der Waals surface area contributed by atoms with E-state index < -0.39 is 0 Å². The Morgan fingerprint density at radius 3 is 2.52 bits per heavy atom. The fourth-order valence-electron chi connectivity index (χ4n) is 5.93. The van der Waals surface area contributed by atoms with Crippen LogP contribution in [0.1, 0.15) is 65.7 Å². The number of epoxide rings is 1. The Balaban J connectivity index is 1.88. The number of carbonyl (C=O) groups is 2. The van der Waals surface area contributed by atoms with Gasteiger partial charge in [0.15, 0.2) is 0 Å². The van der Waals surface area contributed by atoms with E-state index in [1.54, 1.807) is 0 Å². The van der Waals surface area contributed by atoms with Crippen molar-refractivity contribution in [2.45, 2.75) is 71.3 Å². The maximum absolute atomic E-state index is 11.2. The van der Waals surface area contributed by atoms with Gasteiger partial charge in [-0.15, -0.1) is 0 Å². The number of allylic oxidation sites excluding steroid dienone is 2. The molecule has 3 aliphatic rings. The first-order valence-electron chi connectivity index (χ1n) is 9.10. The third-order valence-corrected chi connectivity index (χ3v) is 7.16. The van der Waals surface area contributed by atoms with Crippen molar-refractivity contribution in [1.29, 1.82) is 0 Å². The number of carbonyl (C=O) groups excluding carboxylic acids is 2. The number of fused-ring (bicyclic) bond motifs is 1. The third kappa shape index (κ3) is 2.82. The molecule has 1 unspecified atom stereocenters. The predicted molar refractivity (Wildman–Crippen MR) is 90.1 cm³/mol. The summed E-state index contributed by atoms with van der Waals surface area (Å²) < 4.78 is 5.97. The molecule has 2 aliphatic carbocycles. The first kappa shape index (κ1) is 16.9. The van der Waals surface area contributed by atoms with Gasteiger partial charge in [-0.25, -0.2) is 0 Å². The van der Waals surface area contributed by atoms with E-state index in [1.165, 1.54) is 25.7 Å². The van der Waals surface area contributed by atoms with Gasteiger partial charge < -0.3 is 9.53 Å². The summed E-state index contributed by atoms with van der Waals surface area (Å²) in [5.41, 5.74) is 1.34. The molecule has 2 saturated carbocycles. The van der Waals surface area contributed by atoms with Gasteiger partial charge in [-0.1, -0.05) is 33.3 Å². The smallest absolute Gasteiger partial charge is 0.146 e. The highest BCUT2D eigenvalue weighted by Gasteiger charge is 2.64. The molecule has 3 rings (SSSR count). The second-order valence-electron chi connectivity index (χ2n) is 8.85. The summed E-state index contributed by atoms with van der Waals surface area (Å²) in [4.78, 5) is 21.9. The van der Waals surface area contributed by atoms with E-state index in [1.807, 2.05) is 6.08 Å². The summed E-state index contributed by atoms with van der Waals surface area (Å²) in [6.07, 6.45) is 11.0. The zero-order valence-electron chi connectivity index (χ0n) is 14.8. The van der Waals surface area contributed by atoms with Crippen molar-refractivity contribution < 1.29 is 14.3 Å². The molecule has 0 N–H and O–H groups in total. The van der Waals surface area contributed by atoms with Crippen LogP contribution in [0.25, 0.3) is 0 Å². The Labute approximate surface area is 139 Å². The lowest BCUT2D eigenvalue weighted by molar-refractivity contribution is -0.109. The minimum Gasteiger partial charge on any atom is -0.369 e. The van der Waals surface area contributed by atoms with E-state index in [4.69, 9.17) is 4.74 Å². The van der Waals surface area contributed by atoms with Crippen molar-refractivity contribution in [3.8, 4) is 0 Å². The molecule has 0 radical (unpaired) electrons. The van der Waals surface area contributed by atoms with Gasteiger partial charge >= 0.3 is 0 Å². The number of aldehydes is 2. The van der Waals surface area contributed by atoms with Crippen molar-refractivity contribution in [3.63, 3.8) is 0 Å². The van der Waals surface area contributed by atoms with Crippen molar-refractivity contribution in [2.24, 2.45) is 22.7 Å². The molecule has 0 aromatic heterocycles. The summed E-state index contributed by atoms with van der Waals surface area (Å²) in [5.74, 6) is 1.19. The van der Waals surface area contributed by atoms with Gasteiger partial charge in [0, 0.05) is 6.42 Å². The van der Waals surface area contributed by atoms with Crippen LogP contribution < -0.4 is 0 Å². The van der Waals surface area contributed by atoms with E-state index in [-0.39, 0.29) is 17.4 Å². The normalized spacial score (nSPS) is 42.1. The summed E-state index contributed by atoms with van der Waals surface area (Å²) in [7, 11) is 0. The molecule has 4 atom stereocenters. The fourth-order valence-corrected chi connectivity index (χ4v) is 5.93. The molecule has 0 aromatic carbocycles. The molecule has 1 heterocycles. The lowest BCUT2D eigenvalue weighted by Crippen LogP contribution is -2.54. The second kappa shape index (κ2) is 5.84. The molecule has 1 saturated heterocycles. The quantitative estimate of drug-likeness (QED) is 0.435. The molecule has 1 spiro atoms. The van der Waals surface area contributed by atoms with Crippen LogP contribution in [0, 0.1) is 22.7 Å². The summed E-state index contributed by atoms with van der Waals surface area (Å²) in [5, 5.41) is 0. The maximum atomic E-state index is 11.2. The highest BCUT2D eigenvalue weighted by molar-refractivity contribution is 5.78. The first-order valence-corrected chi connectivity index (χ1v) is 9.10. The molecule has 3 heteroatoms. The Bertz CT molecular complexity index is 515. The monoisotopic (exact) mass is 318 g/mol. The lowest BCUT2D eigenvalue weighted by atomic mass is 9.46. The van der Waals surface area contributed by atoms with Gasteiger partial charge in [0.05, 0.1) is 12.2 Å². The highest BCUT2D eigenvalue weighted by Crippen LogP contribution is 2.66. The third-order valence-electron chi connectivity index (χ3n) is 7.16. The van der Waals surface area contributed by atoms with Crippen LogP contribution in [0.2, 0.25) is 0 Å². The zero-order valence-corrected chi connectivity index (χ0v) is 14.8. The van der Waals surface area contributed by atoms with Crippen LogP contribution >= 0.6 is 0 Å². The van der Waals surface area contributed by atoms with Crippen LogP contribution in [0.3, 0.4) is 0 Å². The SMILES string of the molecule is CC1(C)CCC[C@@]2(C)C1CC[C@@]1(CO1)[C@@H]2C/C=C(\C=O)CC=O. The van der Waals surface area contributed by atoms with Gasteiger partial charge in [0.2, 0.25) is 0 Å². The van der Waals surface area contributed by atoms with Crippen molar-refractivity contribution in [1.82, 2.24) is 0 Å². The molecule has 0 amide bonds. The van der Waals surface area contributed by atoms with Gasteiger partial charge in [-0.2, -0.15) is 0 Å². The summed E-state index contributed by atoms with van der Waals surface area (Å²) >= 11 is 0. The molecule has 3 nitrogen and oxygen atoms in total. The van der Waals surface area contributed by atoms with Crippen LogP contribution in [0.5, 0.6) is 0 Å². The average Bonchev–Trinajstić information content (AvgIpc) is 3.24. The van der Waals surface area contributed by atoms with Crippen molar-refractivity contribution in [2.75, 3.05) is 6.61 Å². The number of hydrogen-bond donors (Lipinski definition) is 0. The van der Waals surface area contributed by atoms with Crippen LogP contribution in [0.15, 0.2) is 11.6 Å². The van der Waals surface area contributed by atoms with E-state index in [9.17, 15) is 9.59 Å². The van der Waals surface area contributed by atoms with Crippen molar-refractivity contribution in [3.05, 3.63) is 11.6 Å². The Hall–Kier alpha value is -0.960. The van der Waals surface area contributed by atoms with E-state index in [0.717, 1.165) is 37.9 Å². The second-order valence-corrected chi connectivity index (χ2v) is 8.85. The topological polar surface area (TPSA) is 46.7 Å². The van der Waals surface area contributed by atoms with Crippen LogP contribution in [-0.2, 0) is 14.3 Å². The van der Waals surface area contributed by atoms with Crippen LogP contribution in [-0.4, -0.2) is 24.8 Å². The van der Waals surface area contributed by atoms with E-state index >= 15 is 0 Å². The van der Waals surface area contributed by atoms with Gasteiger partial charge in [-0.05, 0) is 60.3 Å². The highest BCUT2D eigenvalue weighted by atomic mass is 16.6. The molecule has 128 valence electrons. The molecule has 3 fully saturated rings. The predicted octanol–water partition coefficient (Wildman–Crippen LogP) is 4.10. The number of hydrogen-bond acceptors (Lipinski definition) is 3. The van der Waals surface area contributed by atoms with Crippen LogP contribution in [0.4, 0.5) is 0 Å². The van der Waals surface area contributed by atoms with Crippen molar-refractivity contribution >= 4 is 12.6 Å². The molecule has 0 aromatic rings. The number of ether oxygens (including phenoxy) is 1. The molecular formula is C20H30O3. The van der Waals surface area contributed by atoms with Gasteiger partial charge in [-0.3, -0.25) is 4.79 Å². The molecule has 1 aliphatic heterocycles. The van der Waals surface area contributed by atoms with E-state index in [2.05, 4.69) is 20.8 Å². The first-order chi connectivity index (χ1) is 10.9. The van der Waals surface area contributed by atoms with E-state index in [0.29, 0.717) is 16.9 Å². The Morgan fingerprint density at radius 1 is 1.17 bits per heavy atom. The van der Waals surface area contributed by atoms with Gasteiger partial charge in [0.1, 0.15) is 12.6 Å². The standard InChI is InChI=1S/C20H30O3/c1-18(2)9-4-10-19(3)16(18)7-11-20(14-23-20)17(19)6-5-15(13-22)8-12-21/h5,12-13,16-17H,4,6-11,14H2,1-3H3/b15-5-/t16?,17-,19+,20-/m1/s1.